The number of rotatable bonds is 3. The van der Waals surface area contributed by atoms with Crippen LogP contribution in [0, 0.1) is 10.8 Å². The van der Waals surface area contributed by atoms with Crippen molar-refractivity contribution in [3.05, 3.63) is 0 Å². The molecule has 124 valence electrons. The molecule has 0 radical (unpaired) electrons. The van der Waals surface area contributed by atoms with Crippen molar-refractivity contribution in [1.82, 2.24) is 0 Å². The van der Waals surface area contributed by atoms with Crippen molar-refractivity contribution in [2.45, 2.75) is 72.4 Å². The third-order valence-electron chi connectivity index (χ3n) is 5.19. The van der Waals surface area contributed by atoms with Crippen molar-refractivity contribution in [3.63, 3.8) is 0 Å². The highest BCUT2D eigenvalue weighted by molar-refractivity contribution is 4.93. The summed E-state index contributed by atoms with van der Waals surface area (Å²) in [4.78, 5) is 0. The fourth-order valence-electron chi connectivity index (χ4n) is 3.27. The highest BCUT2D eigenvalue weighted by Crippen LogP contribution is 2.45. The fourth-order valence-corrected chi connectivity index (χ4v) is 3.27. The van der Waals surface area contributed by atoms with Gasteiger partial charge in [0, 0.05) is 5.41 Å². The molecule has 0 N–H and O–H groups in total. The van der Waals surface area contributed by atoms with Gasteiger partial charge in [-0.2, -0.15) is 0 Å². The van der Waals surface area contributed by atoms with Crippen molar-refractivity contribution in [2.75, 3.05) is 26.4 Å². The fraction of sp³-hybridized carbons (Fsp3) is 1.00. The van der Waals surface area contributed by atoms with Gasteiger partial charge in [0.15, 0.2) is 11.6 Å². The molecular weight excluding hydrogens is 268 g/mol. The van der Waals surface area contributed by atoms with Gasteiger partial charge < -0.3 is 18.9 Å². The Morgan fingerprint density at radius 1 is 0.714 bits per heavy atom. The van der Waals surface area contributed by atoms with Gasteiger partial charge in [0.05, 0.1) is 31.8 Å². The van der Waals surface area contributed by atoms with E-state index in [0.717, 1.165) is 19.3 Å². The van der Waals surface area contributed by atoms with E-state index in [0.29, 0.717) is 26.4 Å². The Morgan fingerprint density at radius 2 is 1.14 bits per heavy atom. The van der Waals surface area contributed by atoms with E-state index in [1.807, 2.05) is 0 Å². The lowest BCUT2D eigenvalue weighted by Crippen LogP contribution is -2.61. The summed E-state index contributed by atoms with van der Waals surface area (Å²) in [6.45, 7) is 15.4. The van der Waals surface area contributed by atoms with E-state index in [1.165, 1.54) is 0 Å². The van der Waals surface area contributed by atoms with Crippen LogP contribution in [-0.2, 0) is 18.9 Å². The molecule has 2 rings (SSSR count). The molecule has 4 nitrogen and oxygen atoms in total. The molecule has 1 spiro atoms. The number of hydrogen-bond donors (Lipinski definition) is 0. The Balaban J connectivity index is 2.02. The van der Waals surface area contributed by atoms with Crippen LogP contribution in [0.15, 0.2) is 0 Å². The van der Waals surface area contributed by atoms with E-state index in [9.17, 15) is 0 Å². The van der Waals surface area contributed by atoms with E-state index in [2.05, 4.69) is 41.5 Å². The predicted octanol–water partition coefficient (Wildman–Crippen LogP) is 3.74. The molecule has 2 fully saturated rings. The monoisotopic (exact) mass is 300 g/mol. The maximum absolute atomic E-state index is 6.23. The van der Waals surface area contributed by atoms with Crippen LogP contribution in [0.2, 0.25) is 0 Å². The van der Waals surface area contributed by atoms with Gasteiger partial charge in [-0.05, 0) is 19.3 Å². The highest BCUT2D eigenvalue weighted by atomic mass is 16.7. The first-order valence-electron chi connectivity index (χ1n) is 8.32. The zero-order valence-corrected chi connectivity index (χ0v) is 14.6. The van der Waals surface area contributed by atoms with Crippen LogP contribution in [-0.4, -0.2) is 38.0 Å². The molecule has 0 atom stereocenters. The van der Waals surface area contributed by atoms with Crippen LogP contribution in [0.3, 0.4) is 0 Å². The first-order chi connectivity index (χ1) is 9.76. The summed E-state index contributed by atoms with van der Waals surface area (Å²) in [6, 6.07) is 0. The lowest BCUT2D eigenvalue weighted by atomic mass is 9.80. The Bertz CT molecular complexity index is 334. The van der Waals surface area contributed by atoms with Crippen molar-refractivity contribution < 1.29 is 18.9 Å². The molecule has 4 heteroatoms. The maximum atomic E-state index is 6.23. The van der Waals surface area contributed by atoms with Gasteiger partial charge in [-0.3, -0.25) is 0 Å². The molecule has 2 aliphatic heterocycles. The topological polar surface area (TPSA) is 36.9 Å². The Labute approximate surface area is 129 Å². The van der Waals surface area contributed by atoms with Gasteiger partial charge in [0.1, 0.15) is 0 Å². The van der Waals surface area contributed by atoms with Crippen LogP contribution in [0.4, 0.5) is 0 Å². The number of ether oxygens (including phenoxy) is 4. The average Bonchev–Trinajstić information content (AvgIpc) is 2.48. The first-order valence-corrected chi connectivity index (χ1v) is 8.32. The van der Waals surface area contributed by atoms with Crippen LogP contribution < -0.4 is 0 Å². The van der Waals surface area contributed by atoms with Gasteiger partial charge >= 0.3 is 0 Å². The van der Waals surface area contributed by atoms with Crippen LogP contribution >= 0.6 is 0 Å². The Hall–Kier alpha value is -0.160. The minimum absolute atomic E-state index is 0.0453. The molecule has 0 bridgehead atoms. The van der Waals surface area contributed by atoms with Crippen molar-refractivity contribution >= 4 is 0 Å². The summed E-state index contributed by atoms with van der Waals surface area (Å²) in [6.07, 6.45) is 2.60. The molecule has 2 aliphatic rings. The zero-order valence-electron chi connectivity index (χ0n) is 14.6. The second-order valence-corrected chi connectivity index (χ2v) is 7.63. The van der Waals surface area contributed by atoms with Crippen LogP contribution in [0.1, 0.15) is 60.8 Å². The molecule has 0 saturated carbocycles. The summed E-state index contributed by atoms with van der Waals surface area (Å²) in [5.74, 6) is -0.906. The van der Waals surface area contributed by atoms with Crippen molar-refractivity contribution in [2.24, 2.45) is 10.8 Å². The van der Waals surface area contributed by atoms with E-state index in [-0.39, 0.29) is 10.8 Å². The molecule has 0 unspecified atom stereocenters. The third-order valence-corrected chi connectivity index (χ3v) is 5.19. The van der Waals surface area contributed by atoms with Crippen molar-refractivity contribution in [1.29, 1.82) is 0 Å². The lowest BCUT2D eigenvalue weighted by Gasteiger charge is -2.54. The van der Waals surface area contributed by atoms with Gasteiger partial charge in [0.2, 0.25) is 0 Å². The Morgan fingerprint density at radius 3 is 1.48 bits per heavy atom. The molecule has 2 heterocycles. The van der Waals surface area contributed by atoms with Crippen LogP contribution in [0.25, 0.3) is 0 Å². The molecule has 0 aromatic heterocycles. The second kappa shape index (κ2) is 5.80. The largest absolute Gasteiger partial charge is 0.349 e. The minimum Gasteiger partial charge on any atom is -0.349 e. The predicted molar refractivity (Wildman–Crippen MR) is 82.0 cm³/mol. The van der Waals surface area contributed by atoms with E-state index >= 15 is 0 Å². The zero-order chi connectivity index (χ0) is 15.8. The second-order valence-electron chi connectivity index (χ2n) is 7.63. The minimum atomic E-state index is -0.498. The summed E-state index contributed by atoms with van der Waals surface area (Å²) < 4.78 is 24.6. The summed E-state index contributed by atoms with van der Waals surface area (Å²) >= 11 is 0. The lowest BCUT2D eigenvalue weighted by molar-refractivity contribution is -0.387. The summed E-state index contributed by atoms with van der Waals surface area (Å²) in [5, 5.41) is 0. The van der Waals surface area contributed by atoms with Crippen LogP contribution in [0.5, 0.6) is 0 Å². The van der Waals surface area contributed by atoms with E-state index in [1.54, 1.807) is 0 Å². The third kappa shape index (κ3) is 3.00. The maximum Gasteiger partial charge on any atom is 0.172 e. The Kier molecular flexibility index (Phi) is 4.75. The first kappa shape index (κ1) is 17.2. The van der Waals surface area contributed by atoms with Crippen molar-refractivity contribution in [3.8, 4) is 0 Å². The van der Waals surface area contributed by atoms with Gasteiger partial charge in [-0.25, -0.2) is 0 Å². The van der Waals surface area contributed by atoms with E-state index < -0.39 is 11.6 Å². The molecule has 0 aromatic rings. The molecule has 21 heavy (non-hydrogen) atoms. The molecule has 2 saturated heterocycles. The molecule has 0 aliphatic carbocycles. The summed E-state index contributed by atoms with van der Waals surface area (Å²) in [5.41, 5.74) is -0.200. The quantitative estimate of drug-likeness (QED) is 0.795. The highest BCUT2D eigenvalue weighted by Gasteiger charge is 2.53. The normalized spacial score (nSPS) is 27.7. The van der Waals surface area contributed by atoms with Gasteiger partial charge in [-0.15, -0.1) is 0 Å². The average molecular weight is 300 g/mol. The van der Waals surface area contributed by atoms with Gasteiger partial charge in [0.25, 0.3) is 0 Å². The smallest absolute Gasteiger partial charge is 0.172 e. The molecular formula is C17H32O4. The molecule has 0 amide bonds. The molecule has 0 aromatic carbocycles. The number of hydrogen-bond acceptors (Lipinski definition) is 4. The standard InChI is InChI=1S/C17H32O4/c1-7-16(8-2)18-10-15(11-19-16)12-20-17(9-3,21-13-15)14(4,5)6/h7-13H2,1-6H3. The van der Waals surface area contributed by atoms with Gasteiger partial charge in [-0.1, -0.05) is 41.5 Å². The summed E-state index contributed by atoms with van der Waals surface area (Å²) in [7, 11) is 0. The SMILES string of the molecule is CCC1(CC)OCC2(CO1)COC(CC)(C(C)(C)C)OC2. The van der Waals surface area contributed by atoms with E-state index in [4.69, 9.17) is 18.9 Å².